The van der Waals surface area contributed by atoms with Crippen LogP contribution in [0, 0.1) is 20.8 Å². The van der Waals surface area contributed by atoms with Gasteiger partial charge in [0.15, 0.2) is 11.5 Å². The summed E-state index contributed by atoms with van der Waals surface area (Å²) in [4.78, 5) is 28.1. The van der Waals surface area contributed by atoms with E-state index >= 15 is 0 Å². The maximum absolute atomic E-state index is 12.5. The van der Waals surface area contributed by atoms with E-state index in [1.807, 2.05) is 39.1 Å². The fourth-order valence-electron chi connectivity index (χ4n) is 4.05. The molecule has 0 spiro atoms. The number of aryl methyl sites for hydroxylation is 2. The minimum absolute atomic E-state index is 0.152. The van der Waals surface area contributed by atoms with Crippen molar-refractivity contribution in [2.24, 2.45) is 0 Å². The van der Waals surface area contributed by atoms with Crippen LogP contribution in [0.1, 0.15) is 28.1 Å². The van der Waals surface area contributed by atoms with Gasteiger partial charge in [-0.2, -0.15) is 4.52 Å². The van der Waals surface area contributed by atoms with Crippen LogP contribution >= 0.6 is 0 Å². The molecule has 0 saturated carbocycles. The number of rotatable bonds is 2. The second-order valence-electron chi connectivity index (χ2n) is 7.78. The maximum atomic E-state index is 12.5. The van der Waals surface area contributed by atoms with Gasteiger partial charge in [-0.25, -0.2) is 4.98 Å². The molecule has 150 valence electrons. The highest BCUT2D eigenvalue weighted by molar-refractivity contribution is 5.64. The SMILES string of the molecule is Cc1cc(=O)n2nc(N3CCc4ncc(-c5ccncc5)cc4C3)c(C)c(C)c2n1. The maximum Gasteiger partial charge on any atom is 0.274 e. The minimum atomic E-state index is -0.152. The number of fused-ring (bicyclic) bond motifs is 2. The van der Waals surface area contributed by atoms with E-state index in [2.05, 4.69) is 20.9 Å². The van der Waals surface area contributed by atoms with Gasteiger partial charge in [0.25, 0.3) is 5.56 Å². The second kappa shape index (κ2) is 7.02. The van der Waals surface area contributed by atoms with Gasteiger partial charge in [0, 0.05) is 72.2 Å². The number of hydrogen-bond donors (Lipinski definition) is 0. The Morgan fingerprint density at radius 1 is 1.00 bits per heavy atom. The third kappa shape index (κ3) is 3.03. The highest BCUT2D eigenvalue weighted by Crippen LogP contribution is 2.29. The van der Waals surface area contributed by atoms with Crippen LogP contribution in [0.4, 0.5) is 5.82 Å². The molecule has 0 saturated heterocycles. The summed E-state index contributed by atoms with van der Waals surface area (Å²) in [6, 6.07) is 7.70. The molecular formula is C23H22N6O. The summed E-state index contributed by atoms with van der Waals surface area (Å²) in [6.07, 6.45) is 6.35. The molecule has 0 aromatic carbocycles. The Hall–Kier alpha value is -3.61. The lowest BCUT2D eigenvalue weighted by Gasteiger charge is -2.31. The van der Waals surface area contributed by atoms with Crippen LogP contribution < -0.4 is 10.5 Å². The highest BCUT2D eigenvalue weighted by Gasteiger charge is 2.23. The van der Waals surface area contributed by atoms with Crippen molar-refractivity contribution in [3.05, 3.63) is 81.3 Å². The van der Waals surface area contributed by atoms with Gasteiger partial charge in [-0.3, -0.25) is 14.8 Å². The van der Waals surface area contributed by atoms with Gasteiger partial charge in [-0.05, 0) is 50.1 Å². The predicted molar refractivity (Wildman–Crippen MR) is 116 cm³/mol. The third-order valence-electron chi connectivity index (χ3n) is 5.80. The molecule has 0 radical (unpaired) electrons. The molecule has 1 aliphatic rings. The monoisotopic (exact) mass is 398 g/mol. The Balaban J connectivity index is 1.57. The molecule has 30 heavy (non-hydrogen) atoms. The van der Waals surface area contributed by atoms with Crippen LogP contribution in [0.15, 0.2) is 47.7 Å². The first-order valence-electron chi connectivity index (χ1n) is 10.0. The lowest BCUT2D eigenvalue weighted by atomic mass is 10.0. The Kier molecular flexibility index (Phi) is 4.31. The predicted octanol–water partition coefficient (Wildman–Crippen LogP) is 3.03. The molecule has 4 aromatic heterocycles. The molecule has 0 N–H and O–H groups in total. The van der Waals surface area contributed by atoms with Crippen LogP contribution in [-0.2, 0) is 13.0 Å². The fourth-order valence-corrected chi connectivity index (χ4v) is 4.05. The highest BCUT2D eigenvalue weighted by atomic mass is 16.1. The van der Waals surface area contributed by atoms with Crippen LogP contribution in [0.25, 0.3) is 16.8 Å². The molecule has 0 bridgehead atoms. The van der Waals surface area contributed by atoms with E-state index in [0.717, 1.165) is 46.7 Å². The van der Waals surface area contributed by atoms with Gasteiger partial charge in [0.05, 0.1) is 0 Å². The minimum Gasteiger partial charge on any atom is -0.350 e. The Morgan fingerprint density at radius 2 is 1.80 bits per heavy atom. The molecule has 0 unspecified atom stereocenters. The largest absolute Gasteiger partial charge is 0.350 e. The van der Waals surface area contributed by atoms with E-state index in [9.17, 15) is 4.79 Å². The first-order chi connectivity index (χ1) is 14.5. The number of hydrogen-bond acceptors (Lipinski definition) is 6. The molecule has 0 fully saturated rings. The summed E-state index contributed by atoms with van der Waals surface area (Å²) < 4.78 is 1.42. The van der Waals surface area contributed by atoms with Gasteiger partial charge in [-0.15, -0.1) is 5.10 Å². The Bertz CT molecular complexity index is 1330. The standard InChI is InChI=1S/C23H22N6O/c1-14-10-21(30)29-22(26-14)15(2)16(3)23(27-29)28-9-6-20-19(13-28)11-18(12-25-20)17-4-7-24-8-5-17/h4-5,7-8,10-12H,6,9,13H2,1-3H3. The summed E-state index contributed by atoms with van der Waals surface area (Å²) in [6.45, 7) is 7.39. The Morgan fingerprint density at radius 3 is 2.60 bits per heavy atom. The molecule has 7 nitrogen and oxygen atoms in total. The van der Waals surface area contributed by atoms with E-state index < -0.39 is 0 Å². The zero-order chi connectivity index (χ0) is 20.8. The number of nitrogens with zero attached hydrogens (tertiary/aromatic N) is 6. The van der Waals surface area contributed by atoms with Gasteiger partial charge in [-0.1, -0.05) is 0 Å². The van der Waals surface area contributed by atoms with Crippen molar-refractivity contribution >= 4 is 11.5 Å². The van der Waals surface area contributed by atoms with Gasteiger partial charge < -0.3 is 4.90 Å². The molecule has 5 heterocycles. The zero-order valence-corrected chi connectivity index (χ0v) is 17.3. The van der Waals surface area contributed by atoms with Crippen molar-refractivity contribution in [1.29, 1.82) is 0 Å². The number of pyridine rings is 2. The summed E-state index contributed by atoms with van der Waals surface area (Å²) in [5, 5.41) is 4.69. The molecule has 5 rings (SSSR count). The molecule has 7 heteroatoms. The summed E-state index contributed by atoms with van der Waals surface area (Å²) in [5.41, 5.74) is 7.69. The first kappa shape index (κ1) is 18.4. The molecular weight excluding hydrogens is 376 g/mol. The zero-order valence-electron chi connectivity index (χ0n) is 17.3. The van der Waals surface area contributed by atoms with Gasteiger partial charge >= 0.3 is 0 Å². The normalized spacial score (nSPS) is 13.5. The topological polar surface area (TPSA) is 76.3 Å². The fraction of sp³-hybridized carbons (Fsp3) is 0.261. The van der Waals surface area contributed by atoms with Crippen LogP contribution in [0.3, 0.4) is 0 Å². The van der Waals surface area contributed by atoms with E-state index in [1.54, 1.807) is 12.4 Å². The van der Waals surface area contributed by atoms with E-state index in [-0.39, 0.29) is 5.56 Å². The second-order valence-corrected chi connectivity index (χ2v) is 7.78. The molecule has 0 atom stereocenters. The van der Waals surface area contributed by atoms with Gasteiger partial charge in [0.1, 0.15) is 0 Å². The quantitative estimate of drug-likeness (QED) is 0.517. The van der Waals surface area contributed by atoms with Crippen molar-refractivity contribution in [1.82, 2.24) is 24.6 Å². The van der Waals surface area contributed by atoms with Crippen LogP contribution in [0.5, 0.6) is 0 Å². The van der Waals surface area contributed by atoms with Crippen molar-refractivity contribution in [2.45, 2.75) is 33.7 Å². The van der Waals surface area contributed by atoms with Crippen LogP contribution in [0.2, 0.25) is 0 Å². The van der Waals surface area contributed by atoms with E-state index in [0.29, 0.717) is 17.9 Å². The summed E-state index contributed by atoms with van der Waals surface area (Å²) in [5.74, 6) is 0.827. The van der Waals surface area contributed by atoms with Crippen molar-refractivity contribution in [2.75, 3.05) is 11.4 Å². The third-order valence-corrected chi connectivity index (χ3v) is 5.80. The number of anilines is 1. The molecule has 0 amide bonds. The van der Waals surface area contributed by atoms with E-state index in [1.165, 1.54) is 16.1 Å². The summed E-state index contributed by atoms with van der Waals surface area (Å²) in [7, 11) is 0. The average molecular weight is 398 g/mol. The summed E-state index contributed by atoms with van der Waals surface area (Å²) >= 11 is 0. The lowest BCUT2D eigenvalue weighted by Crippen LogP contribution is -2.34. The average Bonchev–Trinajstić information content (AvgIpc) is 2.76. The lowest BCUT2D eigenvalue weighted by molar-refractivity contribution is 0.684. The van der Waals surface area contributed by atoms with Gasteiger partial charge in [0.2, 0.25) is 0 Å². The van der Waals surface area contributed by atoms with Crippen molar-refractivity contribution < 1.29 is 0 Å². The van der Waals surface area contributed by atoms with Crippen molar-refractivity contribution in [3.8, 4) is 11.1 Å². The first-order valence-corrected chi connectivity index (χ1v) is 10.0. The number of aromatic nitrogens is 5. The van der Waals surface area contributed by atoms with Crippen LogP contribution in [-0.4, -0.2) is 31.1 Å². The Labute approximate surface area is 174 Å². The van der Waals surface area contributed by atoms with E-state index in [4.69, 9.17) is 10.1 Å². The smallest absolute Gasteiger partial charge is 0.274 e. The molecule has 1 aliphatic heterocycles. The van der Waals surface area contributed by atoms with Crippen molar-refractivity contribution in [3.63, 3.8) is 0 Å². The molecule has 0 aliphatic carbocycles. The molecule has 4 aromatic rings.